The van der Waals surface area contributed by atoms with Crippen molar-refractivity contribution in [1.29, 1.82) is 0 Å². The Kier molecular flexibility index (Phi) is 4.04. The molecule has 1 aliphatic heterocycles. The van der Waals surface area contributed by atoms with Gasteiger partial charge in [-0.3, -0.25) is 4.79 Å². The number of hydrogen-bond acceptors (Lipinski definition) is 2. The van der Waals surface area contributed by atoms with Crippen LogP contribution in [0.3, 0.4) is 0 Å². The monoisotopic (exact) mass is 287 g/mol. The molecule has 1 unspecified atom stereocenters. The van der Waals surface area contributed by atoms with Crippen LogP contribution in [-0.4, -0.2) is 34.7 Å². The van der Waals surface area contributed by atoms with Gasteiger partial charge in [0.25, 0.3) is 0 Å². The molecule has 3 atom stereocenters. The average molecular weight is 287 g/mol. The van der Waals surface area contributed by atoms with Gasteiger partial charge in [0.2, 0.25) is 5.91 Å². The Morgan fingerprint density at radius 2 is 1.90 bits per heavy atom. The Hall–Kier alpha value is -1.56. The van der Waals surface area contributed by atoms with E-state index in [0.717, 1.165) is 5.56 Å². The second-order valence-corrected chi connectivity index (χ2v) is 5.00. The second kappa shape index (κ2) is 5.44. The number of carbonyl (C=O) groups is 1. The van der Waals surface area contributed by atoms with Gasteiger partial charge >= 0.3 is 6.18 Å². The van der Waals surface area contributed by atoms with Gasteiger partial charge < -0.3 is 10.0 Å². The number of aliphatic hydroxyl groups is 1. The summed E-state index contributed by atoms with van der Waals surface area (Å²) in [7, 11) is 0. The maximum atomic E-state index is 12.5. The molecule has 20 heavy (non-hydrogen) atoms. The lowest BCUT2D eigenvalue weighted by Gasteiger charge is -2.26. The molecule has 0 spiro atoms. The molecule has 1 amide bonds. The zero-order chi connectivity index (χ0) is 14.9. The number of hydrogen-bond donors (Lipinski definition) is 1. The van der Waals surface area contributed by atoms with Crippen LogP contribution in [-0.2, 0) is 4.79 Å². The number of halogens is 3. The smallest absolute Gasteiger partial charge is 0.383 e. The number of rotatable bonds is 3. The molecule has 1 aromatic carbocycles. The largest absolute Gasteiger partial charge is 0.415 e. The Morgan fingerprint density at radius 3 is 2.45 bits per heavy atom. The highest BCUT2D eigenvalue weighted by Gasteiger charge is 2.50. The molecule has 0 saturated carbocycles. The number of amides is 1. The summed E-state index contributed by atoms with van der Waals surface area (Å²) in [6.07, 6.45) is -7.31. The molecule has 2 rings (SSSR count). The fourth-order valence-electron chi connectivity index (χ4n) is 2.54. The van der Waals surface area contributed by atoms with Gasteiger partial charge in [0.15, 0.2) is 6.10 Å². The Labute approximate surface area is 115 Å². The Balaban J connectivity index is 2.12. The zero-order valence-electron chi connectivity index (χ0n) is 11.0. The number of nitrogens with zero attached hydrogens (tertiary/aromatic N) is 1. The minimum atomic E-state index is -4.76. The summed E-state index contributed by atoms with van der Waals surface area (Å²) in [5, 5.41) is 9.25. The number of alkyl halides is 3. The highest BCUT2D eigenvalue weighted by Crippen LogP contribution is 2.35. The van der Waals surface area contributed by atoms with Crippen molar-refractivity contribution >= 4 is 5.91 Å². The molecular formula is C14H16F3NO2. The van der Waals surface area contributed by atoms with Crippen molar-refractivity contribution in [3.8, 4) is 0 Å². The van der Waals surface area contributed by atoms with E-state index in [9.17, 15) is 23.1 Å². The van der Waals surface area contributed by atoms with Crippen LogP contribution in [0.5, 0.6) is 0 Å². The summed E-state index contributed by atoms with van der Waals surface area (Å²) in [6.45, 7) is 2.00. The lowest BCUT2D eigenvalue weighted by molar-refractivity contribution is -0.218. The zero-order valence-corrected chi connectivity index (χ0v) is 11.0. The highest BCUT2D eigenvalue weighted by molar-refractivity contribution is 5.82. The second-order valence-electron chi connectivity index (χ2n) is 5.00. The predicted molar refractivity (Wildman–Crippen MR) is 66.7 cm³/mol. The quantitative estimate of drug-likeness (QED) is 0.928. The first-order valence-electron chi connectivity index (χ1n) is 6.42. The van der Waals surface area contributed by atoms with E-state index in [4.69, 9.17) is 0 Å². The van der Waals surface area contributed by atoms with Crippen LogP contribution in [0.1, 0.15) is 24.9 Å². The average Bonchev–Trinajstić information content (AvgIpc) is 2.78. The first-order valence-corrected chi connectivity index (χ1v) is 6.42. The van der Waals surface area contributed by atoms with Gasteiger partial charge in [-0.1, -0.05) is 30.3 Å². The molecule has 1 N–H and O–H groups in total. The van der Waals surface area contributed by atoms with Crippen LogP contribution in [0.15, 0.2) is 30.3 Å². The van der Waals surface area contributed by atoms with Crippen molar-refractivity contribution in [3.05, 3.63) is 35.9 Å². The van der Waals surface area contributed by atoms with E-state index in [1.807, 2.05) is 30.3 Å². The van der Waals surface area contributed by atoms with Gasteiger partial charge in [0.05, 0.1) is 12.0 Å². The van der Waals surface area contributed by atoms with Crippen molar-refractivity contribution in [2.45, 2.75) is 31.7 Å². The van der Waals surface area contributed by atoms with Crippen LogP contribution >= 0.6 is 0 Å². The third-order valence-electron chi connectivity index (χ3n) is 3.75. The molecule has 1 aromatic rings. The molecule has 3 nitrogen and oxygen atoms in total. The van der Waals surface area contributed by atoms with Crippen LogP contribution < -0.4 is 0 Å². The van der Waals surface area contributed by atoms with E-state index in [0.29, 0.717) is 0 Å². The normalized spacial score (nSPS) is 22.9. The Bertz CT molecular complexity index is 475. The van der Waals surface area contributed by atoms with Crippen molar-refractivity contribution in [1.82, 2.24) is 4.90 Å². The standard InChI is InChI=1S/C14H16F3NO2/c1-9(10-5-3-2-4-6-10)18-8-7-11(13(18)20)12(19)14(15,16)17/h2-6,9,11-12,19H,7-8H2,1H3/t9-,11?,12+/m1/s1. The predicted octanol–water partition coefficient (Wildman–Crippen LogP) is 2.52. The molecular weight excluding hydrogens is 271 g/mol. The number of benzene rings is 1. The maximum absolute atomic E-state index is 12.5. The first-order chi connectivity index (χ1) is 9.32. The van der Waals surface area contributed by atoms with E-state index < -0.39 is 24.1 Å². The SMILES string of the molecule is C[C@H](c1ccccc1)N1CCC([C@H](O)C(F)(F)F)C1=O. The van der Waals surface area contributed by atoms with Crippen molar-refractivity contribution in [3.63, 3.8) is 0 Å². The third-order valence-corrected chi connectivity index (χ3v) is 3.75. The van der Waals surface area contributed by atoms with Crippen LogP contribution in [0.2, 0.25) is 0 Å². The molecule has 1 heterocycles. The molecule has 0 radical (unpaired) electrons. The Morgan fingerprint density at radius 1 is 1.30 bits per heavy atom. The van der Waals surface area contributed by atoms with Gasteiger partial charge in [-0.05, 0) is 18.9 Å². The summed E-state index contributed by atoms with van der Waals surface area (Å²) in [5.74, 6) is -2.02. The summed E-state index contributed by atoms with van der Waals surface area (Å²) < 4.78 is 37.5. The van der Waals surface area contributed by atoms with Crippen molar-refractivity contribution in [2.75, 3.05) is 6.54 Å². The first kappa shape index (κ1) is 14.8. The molecule has 1 fully saturated rings. The van der Waals surface area contributed by atoms with Gasteiger partial charge in [-0.25, -0.2) is 0 Å². The molecule has 0 bridgehead atoms. The minimum Gasteiger partial charge on any atom is -0.383 e. The van der Waals surface area contributed by atoms with Crippen LogP contribution in [0, 0.1) is 5.92 Å². The molecule has 1 aliphatic rings. The summed E-state index contributed by atoms with van der Waals surface area (Å²) in [5.41, 5.74) is 0.864. The minimum absolute atomic E-state index is 0.0245. The van der Waals surface area contributed by atoms with E-state index in [-0.39, 0.29) is 19.0 Å². The molecule has 0 aliphatic carbocycles. The van der Waals surface area contributed by atoms with Gasteiger partial charge in [0.1, 0.15) is 0 Å². The lowest BCUT2D eigenvalue weighted by atomic mass is 10.0. The van der Waals surface area contributed by atoms with Gasteiger partial charge in [0, 0.05) is 6.54 Å². The van der Waals surface area contributed by atoms with E-state index in [1.54, 1.807) is 6.92 Å². The van der Waals surface area contributed by atoms with E-state index >= 15 is 0 Å². The van der Waals surface area contributed by atoms with Gasteiger partial charge in [-0.15, -0.1) is 0 Å². The highest BCUT2D eigenvalue weighted by atomic mass is 19.4. The third kappa shape index (κ3) is 2.80. The summed E-state index contributed by atoms with van der Waals surface area (Å²) in [4.78, 5) is 13.5. The summed E-state index contributed by atoms with van der Waals surface area (Å²) >= 11 is 0. The fraction of sp³-hybridized carbons (Fsp3) is 0.500. The van der Waals surface area contributed by atoms with Crippen molar-refractivity contribution in [2.24, 2.45) is 5.92 Å². The molecule has 1 saturated heterocycles. The number of aliphatic hydroxyl groups excluding tert-OH is 1. The van der Waals surface area contributed by atoms with Crippen LogP contribution in [0.4, 0.5) is 13.2 Å². The molecule has 110 valence electrons. The molecule has 6 heteroatoms. The molecule has 0 aromatic heterocycles. The van der Waals surface area contributed by atoms with E-state index in [2.05, 4.69) is 0 Å². The van der Waals surface area contributed by atoms with Gasteiger partial charge in [-0.2, -0.15) is 13.2 Å². The fourth-order valence-corrected chi connectivity index (χ4v) is 2.54. The lowest BCUT2D eigenvalue weighted by Crippen LogP contribution is -2.41. The number of likely N-dealkylation sites (tertiary alicyclic amines) is 1. The van der Waals surface area contributed by atoms with Crippen LogP contribution in [0.25, 0.3) is 0 Å². The number of carbonyl (C=O) groups excluding carboxylic acids is 1. The van der Waals surface area contributed by atoms with E-state index in [1.165, 1.54) is 4.90 Å². The topological polar surface area (TPSA) is 40.5 Å². The van der Waals surface area contributed by atoms with Crippen molar-refractivity contribution < 1.29 is 23.1 Å². The maximum Gasteiger partial charge on any atom is 0.415 e. The summed E-state index contributed by atoms with van der Waals surface area (Å²) in [6, 6.07) is 8.81.